The number of nitrogens with zero attached hydrogens (tertiary/aromatic N) is 1. The summed E-state index contributed by atoms with van der Waals surface area (Å²) in [5.74, 6) is 0.108. The van der Waals surface area contributed by atoms with E-state index in [0.29, 0.717) is 28.4 Å². The van der Waals surface area contributed by atoms with Gasteiger partial charge in [0.1, 0.15) is 18.0 Å². The van der Waals surface area contributed by atoms with Crippen LogP contribution >= 0.6 is 0 Å². The van der Waals surface area contributed by atoms with Crippen molar-refractivity contribution in [2.75, 3.05) is 0 Å². The first-order valence-corrected chi connectivity index (χ1v) is 9.80. The molecule has 0 spiro atoms. The number of aromatic nitrogens is 1. The Labute approximate surface area is 177 Å². The van der Waals surface area contributed by atoms with Crippen molar-refractivity contribution < 1.29 is 22.8 Å². The molecule has 31 heavy (non-hydrogen) atoms. The number of esters is 1. The number of carbonyl (C=O) groups excluding carboxylic acids is 1. The SMILES string of the molecule is Cc1ccc2c(COC(=O)CCc3ncc(-c4ccc(F)cc4)o3)cc(=O)oc2c1C. The summed E-state index contributed by atoms with van der Waals surface area (Å²) in [6.45, 7) is 3.79. The van der Waals surface area contributed by atoms with Gasteiger partial charge in [-0.15, -0.1) is 0 Å². The molecular formula is C24H20FNO5. The highest BCUT2D eigenvalue weighted by atomic mass is 19.1. The molecule has 0 N–H and O–H groups in total. The standard InChI is InChI=1S/C24H20FNO5/c1-14-3-8-19-17(11-23(28)31-24(19)15(14)2)13-29-22(27)10-9-21-26-12-20(30-21)16-4-6-18(25)7-5-16/h3-8,11-12H,9-10,13H2,1-2H3. The van der Waals surface area contributed by atoms with Crippen LogP contribution in [0.15, 0.2) is 62.3 Å². The Morgan fingerprint density at radius 1 is 1.10 bits per heavy atom. The molecule has 0 unspecified atom stereocenters. The lowest BCUT2D eigenvalue weighted by Crippen LogP contribution is -2.09. The van der Waals surface area contributed by atoms with Crippen LogP contribution in [0.5, 0.6) is 0 Å². The normalized spacial score (nSPS) is 11.1. The van der Waals surface area contributed by atoms with E-state index in [9.17, 15) is 14.0 Å². The number of aryl methyl sites for hydroxylation is 3. The fourth-order valence-electron chi connectivity index (χ4n) is 3.26. The largest absolute Gasteiger partial charge is 0.461 e. The third-order valence-electron chi connectivity index (χ3n) is 5.13. The summed E-state index contributed by atoms with van der Waals surface area (Å²) < 4.78 is 29.4. The van der Waals surface area contributed by atoms with E-state index in [4.69, 9.17) is 13.6 Å². The smallest absolute Gasteiger partial charge is 0.336 e. The van der Waals surface area contributed by atoms with E-state index in [1.54, 1.807) is 12.1 Å². The molecule has 6 nitrogen and oxygen atoms in total. The highest BCUT2D eigenvalue weighted by Gasteiger charge is 2.13. The summed E-state index contributed by atoms with van der Waals surface area (Å²) in [5, 5.41) is 0.743. The van der Waals surface area contributed by atoms with Crippen LogP contribution in [0.1, 0.15) is 29.0 Å². The zero-order valence-corrected chi connectivity index (χ0v) is 17.1. The van der Waals surface area contributed by atoms with Gasteiger partial charge in [-0.25, -0.2) is 14.2 Å². The predicted molar refractivity (Wildman–Crippen MR) is 112 cm³/mol. The minimum Gasteiger partial charge on any atom is -0.461 e. The molecule has 0 bridgehead atoms. The van der Waals surface area contributed by atoms with Gasteiger partial charge in [0, 0.05) is 29.0 Å². The molecule has 7 heteroatoms. The lowest BCUT2D eigenvalue weighted by Gasteiger charge is -2.09. The second-order valence-electron chi connectivity index (χ2n) is 7.26. The van der Waals surface area contributed by atoms with E-state index in [1.807, 2.05) is 26.0 Å². The molecule has 0 saturated heterocycles. The summed E-state index contributed by atoms with van der Waals surface area (Å²) >= 11 is 0. The maximum Gasteiger partial charge on any atom is 0.336 e. The molecule has 0 fully saturated rings. The van der Waals surface area contributed by atoms with Crippen LogP contribution in [-0.2, 0) is 22.6 Å². The first-order chi connectivity index (χ1) is 14.9. The molecule has 0 amide bonds. The summed E-state index contributed by atoms with van der Waals surface area (Å²) in [5.41, 5.74) is 3.20. The van der Waals surface area contributed by atoms with E-state index in [1.165, 1.54) is 24.4 Å². The van der Waals surface area contributed by atoms with Crippen LogP contribution in [0.4, 0.5) is 4.39 Å². The molecule has 0 radical (unpaired) electrons. The molecule has 2 aromatic carbocycles. The molecule has 2 heterocycles. The van der Waals surface area contributed by atoms with Gasteiger partial charge >= 0.3 is 11.6 Å². The minimum absolute atomic E-state index is 0.0319. The van der Waals surface area contributed by atoms with Crippen LogP contribution in [-0.4, -0.2) is 11.0 Å². The second-order valence-corrected chi connectivity index (χ2v) is 7.26. The van der Waals surface area contributed by atoms with Crippen molar-refractivity contribution >= 4 is 16.9 Å². The van der Waals surface area contributed by atoms with Crippen molar-refractivity contribution in [3.63, 3.8) is 0 Å². The summed E-state index contributed by atoms with van der Waals surface area (Å²) in [4.78, 5) is 28.3. The van der Waals surface area contributed by atoms with Gasteiger partial charge in [0.25, 0.3) is 0 Å². The summed E-state index contributed by atoms with van der Waals surface area (Å²) in [6, 6.07) is 11.0. The molecular weight excluding hydrogens is 401 g/mol. The maximum atomic E-state index is 13.0. The third-order valence-corrected chi connectivity index (χ3v) is 5.13. The van der Waals surface area contributed by atoms with E-state index < -0.39 is 11.6 Å². The number of ether oxygens (including phenoxy) is 1. The second kappa shape index (κ2) is 8.55. The lowest BCUT2D eigenvalue weighted by atomic mass is 10.0. The Morgan fingerprint density at radius 2 is 1.87 bits per heavy atom. The van der Waals surface area contributed by atoms with E-state index in [0.717, 1.165) is 16.5 Å². The number of fused-ring (bicyclic) bond motifs is 1. The number of carbonyl (C=O) groups is 1. The maximum absolute atomic E-state index is 13.0. The zero-order chi connectivity index (χ0) is 22.0. The van der Waals surface area contributed by atoms with Crippen molar-refractivity contribution in [1.82, 2.24) is 4.98 Å². The van der Waals surface area contributed by atoms with Gasteiger partial charge in [-0.1, -0.05) is 12.1 Å². The van der Waals surface area contributed by atoms with E-state index >= 15 is 0 Å². The molecule has 158 valence electrons. The van der Waals surface area contributed by atoms with Crippen LogP contribution in [0, 0.1) is 19.7 Å². The van der Waals surface area contributed by atoms with Gasteiger partial charge in [-0.2, -0.15) is 0 Å². The number of oxazole rings is 1. The van der Waals surface area contributed by atoms with Crippen LogP contribution < -0.4 is 5.63 Å². The molecule has 0 aliphatic rings. The number of hydrogen-bond donors (Lipinski definition) is 0. The Hall–Kier alpha value is -3.74. The van der Waals surface area contributed by atoms with Gasteiger partial charge in [0.05, 0.1) is 12.6 Å². The summed E-state index contributed by atoms with van der Waals surface area (Å²) in [7, 11) is 0. The Morgan fingerprint density at radius 3 is 2.65 bits per heavy atom. The monoisotopic (exact) mass is 421 g/mol. The number of benzene rings is 2. The average molecular weight is 421 g/mol. The first-order valence-electron chi connectivity index (χ1n) is 9.80. The molecule has 0 aliphatic carbocycles. The van der Waals surface area contributed by atoms with Crippen molar-refractivity contribution in [1.29, 1.82) is 0 Å². The van der Waals surface area contributed by atoms with Crippen LogP contribution in [0.25, 0.3) is 22.3 Å². The predicted octanol–water partition coefficient (Wildman–Crippen LogP) is 4.88. The zero-order valence-electron chi connectivity index (χ0n) is 17.1. The molecule has 4 aromatic rings. The van der Waals surface area contributed by atoms with Crippen LogP contribution in [0.2, 0.25) is 0 Å². The fraction of sp³-hybridized carbons (Fsp3) is 0.208. The Bertz CT molecular complexity index is 1300. The molecule has 0 aliphatic heterocycles. The van der Waals surface area contributed by atoms with Crippen molar-refractivity contribution in [3.05, 3.63) is 87.5 Å². The topological polar surface area (TPSA) is 82.5 Å². The van der Waals surface area contributed by atoms with Gasteiger partial charge in [0.2, 0.25) is 0 Å². The van der Waals surface area contributed by atoms with Gasteiger partial charge in [0.15, 0.2) is 11.7 Å². The van der Waals surface area contributed by atoms with E-state index in [2.05, 4.69) is 4.98 Å². The number of halogens is 1. The lowest BCUT2D eigenvalue weighted by molar-refractivity contribution is -0.144. The number of hydrogen-bond acceptors (Lipinski definition) is 6. The quantitative estimate of drug-likeness (QED) is 0.326. The van der Waals surface area contributed by atoms with Gasteiger partial charge in [-0.3, -0.25) is 4.79 Å². The van der Waals surface area contributed by atoms with Crippen molar-refractivity contribution in [3.8, 4) is 11.3 Å². The third kappa shape index (κ3) is 4.55. The Kier molecular flexibility index (Phi) is 5.66. The van der Waals surface area contributed by atoms with E-state index in [-0.39, 0.29) is 25.3 Å². The highest BCUT2D eigenvalue weighted by molar-refractivity contribution is 5.84. The van der Waals surface area contributed by atoms with Crippen molar-refractivity contribution in [2.24, 2.45) is 0 Å². The Balaban J connectivity index is 1.39. The minimum atomic E-state index is -0.486. The van der Waals surface area contributed by atoms with Crippen LogP contribution in [0.3, 0.4) is 0 Å². The number of rotatable bonds is 6. The molecule has 0 atom stereocenters. The summed E-state index contributed by atoms with van der Waals surface area (Å²) in [6.07, 6.45) is 1.87. The first kappa shape index (κ1) is 20.5. The molecule has 4 rings (SSSR count). The average Bonchev–Trinajstić information content (AvgIpc) is 3.23. The fourth-order valence-corrected chi connectivity index (χ4v) is 3.26. The van der Waals surface area contributed by atoms with Gasteiger partial charge in [-0.05, 0) is 49.2 Å². The highest BCUT2D eigenvalue weighted by Crippen LogP contribution is 2.24. The van der Waals surface area contributed by atoms with Crippen molar-refractivity contribution in [2.45, 2.75) is 33.3 Å². The molecule has 0 saturated carbocycles. The molecule has 2 aromatic heterocycles. The van der Waals surface area contributed by atoms with Gasteiger partial charge < -0.3 is 13.6 Å².